The zero-order chi connectivity index (χ0) is 16.4. The van der Waals surface area contributed by atoms with Gasteiger partial charge in [0.05, 0.1) is 20.4 Å². The number of pyridine rings is 1. The van der Waals surface area contributed by atoms with Gasteiger partial charge < -0.3 is 9.47 Å². The van der Waals surface area contributed by atoms with Crippen molar-refractivity contribution in [3.63, 3.8) is 0 Å². The van der Waals surface area contributed by atoms with Crippen LogP contribution in [0.5, 0.6) is 11.5 Å². The average Bonchev–Trinajstić information content (AvgIpc) is 2.59. The summed E-state index contributed by atoms with van der Waals surface area (Å²) in [6.07, 6.45) is 1.84. The van der Waals surface area contributed by atoms with Crippen LogP contribution < -0.4 is 19.4 Å². The van der Waals surface area contributed by atoms with Crippen molar-refractivity contribution in [2.45, 2.75) is 18.6 Å². The number of hydrogen-bond donors (Lipinski definition) is 1. The predicted octanol–water partition coefficient (Wildman–Crippen LogP) is 1.80. The van der Waals surface area contributed by atoms with Gasteiger partial charge in [-0.3, -0.25) is 15.4 Å². The Kier molecular flexibility index (Phi) is 4.01. The first kappa shape index (κ1) is 15.1. The van der Waals surface area contributed by atoms with E-state index in [1.54, 1.807) is 26.4 Å². The molecule has 1 aromatic carbocycles. The van der Waals surface area contributed by atoms with E-state index in [0.717, 1.165) is 11.4 Å². The van der Waals surface area contributed by atoms with Crippen LogP contribution in [0.2, 0.25) is 0 Å². The highest BCUT2D eigenvalue weighted by atomic mass is 16.6. The molecule has 7 nitrogen and oxygen atoms in total. The molecule has 1 aromatic heterocycles. The number of hydrogen-bond acceptors (Lipinski definition) is 5. The molecule has 23 heavy (non-hydrogen) atoms. The quantitative estimate of drug-likeness (QED) is 0.529. The van der Waals surface area contributed by atoms with Gasteiger partial charge in [-0.1, -0.05) is 12.1 Å². The van der Waals surface area contributed by atoms with Crippen molar-refractivity contribution in [1.82, 2.24) is 0 Å². The summed E-state index contributed by atoms with van der Waals surface area (Å²) in [4.78, 5) is 11.3. The van der Waals surface area contributed by atoms with Gasteiger partial charge >= 0.3 is 0 Å². The summed E-state index contributed by atoms with van der Waals surface area (Å²) in [7, 11) is 3.11. The summed E-state index contributed by atoms with van der Waals surface area (Å²) in [6, 6.07) is 9.83. The monoisotopic (exact) mass is 316 g/mol. The number of nitro groups is 1. The normalized spacial score (nSPS) is 19.4. The van der Waals surface area contributed by atoms with Crippen LogP contribution in [0.15, 0.2) is 42.6 Å². The Morgan fingerprint density at radius 2 is 2.00 bits per heavy atom. The summed E-state index contributed by atoms with van der Waals surface area (Å²) in [5.41, 5.74) is 0.791. The molecule has 0 saturated heterocycles. The lowest BCUT2D eigenvalue weighted by Gasteiger charge is -2.24. The van der Waals surface area contributed by atoms with Crippen molar-refractivity contribution in [3.05, 3.63) is 58.3 Å². The first-order valence-electron chi connectivity index (χ1n) is 7.24. The van der Waals surface area contributed by atoms with Crippen molar-refractivity contribution < 1.29 is 19.0 Å². The highest BCUT2D eigenvalue weighted by molar-refractivity contribution is 5.46. The number of methoxy groups -OCH3 is 2. The number of ether oxygens (including phenoxy) is 2. The Morgan fingerprint density at radius 1 is 1.22 bits per heavy atom. The van der Waals surface area contributed by atoms with Gasteiger partial charge in [-0.15, -0.1) is 0 Å². The molecule has 2 aromatic rings. The average molecular weight is 316 g/mol. The number of anilines is 1. The lowest BCUT2D eigenvalue weighted by atomic mass is 9.97. The molecule has 0 unspecified atom stereocenters. The van der Waals surface area contributed by atoms with E-state index in [2.05, 4.69) is 5.32 Å². The Hall–Kier alpha value is -2.83. The van der Waals surface area contributed by atoms with Crippen molar-refractivity contribution in [2.75, 3.05) is 19.5 Å². The van der Waals surface area contributed by atoms with Crippen LogP contribution in [-0.4, -0.2) is 25.2 Å². The second kappa shape index (κ2) is 6.12. The number of fused-ring (bicyclic) bond motifs is 1. The summed E-state index contributed by atoms with van der Waals surface area (Å²) in [5.74, 6) is 2.00. The summed E-state index contributed by atoms with van der Waals surface area (Å²) < 4.78 is 12.4. The molecule has 1 N–H and O–H groups in total. The highest BCUT2D eigenvalue weighted by Crippen LogP contribution is 2.33. The van der Waals surface area contributed by atoms with Crippen molar-refractivity contribution in [1.29, 1.82) is 0 Å². The van der Waals surface area contributed by atoms with Gasteiger partial charge in [-0.25, -0.2) is 4.57 Å². The van der Waals surface area contributed by atoms with Gasteiger partial charge in [-0.2, -0.15) is 0 Å². The van der Waals surface area contributed by atoms with Crippen LogP contribution in [0, 0.1) is 10.1 Å². The molecule has 0 saturated carbocycles. The van der Waals surface area contributed by atoms with Crippen molar-refractivity contribution >= 4 is 5.82 Å². The Bertz CT molecular complexity index is 735. The number of benzene rings is 1. The summed E-state index contributed by atoms with van der Waals surface area (Å²) in [5, 5.41) is 14.8. The fourth-order valence-electron chi connectivity index (χ4n) is 2.87. The van der Waals surface area contributed by atoms with Gasteiger partial charge in [0, 0.05) is 16.6 Å². The fourth-order valence-corrected chi connectivity index (χ4v) is 2.87. The molecule has 0 aliphatic carbocycles. The SMILES string of the molecule is COc1ccc([C@H]2Nc3cccc[n+]3C[C@@H]2[N+](=O)[O-])cc1OC. The summed E-state index contributed by atoms with van der Waals surface area (Å²) in [6.45, 7) is 0.315. The minimum absolute atomic E-state index is 0.239. The van der Waals surface area contributed by atoms with E-state index in [4.69, 9.17) is 9.47 Å². The maximum atomic E-state index is 11.5. The van der Waals surface area contributed by atoms with E-state index < -0.39 is 12.1 Å². The largest absolute Gasteiger partial charge is 0.493 e. The van der Waals surface area contributed by atoms with E-state index >= 15 is 0 Å². The van der Waals surface area contributed by atoms with E-state index in [-0.39, 0.29) is 4.92 Å². The second-order valence-corrected chi connectivity index (χ2v) is 5.33. The van der Waals surface area contributed by atoms with E-state index in [9.17, 15) is 10.1 Å². The van der Waals surface area contributed by atoms with Gasteiger partial charge in [-0.05, 0) is 18.2 Å². The Labute approximate surface area is 133 Å². The molecule has 1 aliphatic rings. The number of nitrogens with zero attached hydrogens (tertiary/aromatic N) is 2. The third-order valence-corrected chi connectivity index (χ3v) is 4.05. The van der Waals surface area contributed by atoms with Crippen LogP contribution in [-0.2, 0) is 6.54 Å². The molecule has 7 heteroatoms. The van der Waals surface area contributed by atoms with E-state index in [0.29, 0.717) is 18.0 Å². The second-order valence-electron chi connectivity index (χ2n) is 5.33. The van der Waals surface area contributed by atoms with Crippen molar-refractivity contribution in [2.24, 2.45) is 0 Å². The Morgan fingerprint density at radius 3 is 2.70 bits per heavy atom. The highest BCUT2D eigenvalue weighted by Gasteiger charge is 2.43. The molecule has 120 valence electrons. The first-order valence-corrected chi connectivity index (χ1v) is 7.24. The molecule has 1 aliphatic heterocycles. The number of rotatable bonds is 4. The maximum absolute atomic E-state index is 11.5. The minimum Gasteiger partial charge on any atom is -0.493 e. The molecule has 2 atom stereocenters. The van der Waals surface area contributed by atoms with Gasteiger partial charge in [0.25, 0.3) is 11.9 Å². The molecule has 0 fully saturated rings. The van der Waals surface area contributed by atoms with Gasteiger partial charge in [0.1, 0.15) is 0 Å². The van der Waals surface area contributed by atoms with Gasteiger partial charge in [0.15, 0.2) is 24.1 Å². The molecule has 0 radical (unpaired) electrons. The lowest BCUT2D eigenvalue weighted by Crippen LogP contribution is -2.53. The van der Waals surface area contributed by atoms with Crippen LogP contribution in [0.25, 0.3) is 0 Å². The van der Waals surface area contributed by atoms with E-state index in [1.807, 2.05) is 35.0 Å². The number of aromatic nitrogens is 1. The molecular formula is C16H18N3O4+. The Balaban J connectivity index is 2.01. The topological polar surface area (TPSA) is 77.5 Å². The fraction of sp³-hybridized carbons (Fsp3) is 0.312. The van der Waals surface area contributed by atoms with Gasteiger partial charge in [0.2, 0.25) is 0 Å². The third kappa shape index (κ3) is 2.77. The van der Waals surface area contributed by atoms with Crippen LogP contribution in [0.1, 0.15) is 11.6 Å². The molecule has 2 heterocycles. The van der Waals surface area contributed by atoms with Crippen LogP contribution in [0.3, 0.4) is 0 Å². The maximum Gasteiger partial charge on any atom is 0.293 e. The molecule has 0 spiro atoms. The minimum atomic E-state index is -0.770. The first-order chi connectivity index (χ1) is 11.1. The number of nitrogens with one attached hydrogen (secondary N) is 1. The zero-order valence-corrected chi connectivity index (χ0v) is 12.9. The zero-order valence-electron chi connectivity index (χ0n) is 12.9. The summed E-state index contributed by atoms with van der Waals surface area (Å²) >= 11 is 0. The molecular weight excluding hydrogens is 298 g/mol. The van der Waals surface area contributed by atoms with Crippen molar-refractivity contribution in [3.8, 4) is 11.5 Å². The third-order valence-electron chi connectivity index (χ3n) is 4.05. The molecule has 3 rings (SSSR count). The van der Waals surface area contributed by atoms with Crippen LogP contribution >= 0.6 is 0 Å². The molecule has 0 amide bonds. The predicted molar refractivity (Wildman–Crippen MR) is 83.3 cm³/mol. The molecule has 0 bridgehead atoms. The van der Waals surface area contributed by atoms with Crippen LogP contribution in [0.4, 0.5) is 5.82 Å². The standard InChI is InChI=1S/C16H17N3O4/c1-22-13-7-6-11(9-14(13)23-2)16-12(19(20)21)10-18-8-4-3-5-15(18)17-16/h3-9,12,16H,10H2,1-2H3/p+1/t12-,16+/m0/s1. The smallest absolute Gasteiger partial charge is 0.293 e. The van der Waals surface area contributed by atoms with E-state index in [1.165, 1.54) is 0 Å². The lowest BCUT2D eigenvalue weighted by molar-refractivity contribution is -0.727.